The van der Waals surface area contributed by atoms with Crippen molar-refractivity contribution in [2.75, 3.05) is 6.61 Å². The maximum absolute atomic E-state index is 11.2. The summed E-state index contributed by atoms with van der Waals surface area (Å²) in [5.74, 6) is -1.28. The number of carbonyl (C=O) groups excluding carboxylic acids is 1. The van der Waals surface area contributed by atoms with Crippen molar-refractivity contribution in [3.63, 3.8) is 0 Å². The van der Waals surface area contributed by atoms with E-state index in [0.717, 1.165) is 0 Å². The van der Waals surface area contributed by atoms with E-state index in [-0.39, 0.29) is 6.61 Å². The van der Waals surface area contributed by atoms with Crippen molar-refractivity contribution in [1.82, 2.24) is 0 Å². The number of hydrogen-bond acceptors (Lipinski definition) is 5. The van der Waals surface area contributed by atoms with Gasteiger partial charge in [0.2, 0.25) is 0 Å². The monoisotopic (exact) mass is 188 g/mol. The SMILES string of the molecule is CC1(C)O[C@@H]2[C@@H](O)COC(=O)[C@@H]2O1. The van der Waals surface area contributed by atoms with Crippen LogP contribution in [0.5, 0.6) is 0 Å². The third-order valence-corrected chi connectivity index (χ3v) is 2.14. The second kappa shape index (κ2) is 2.67. The van der Waals surface area contributed by atoms with Gasteiger partial charge in [0, 0.05) is 0 Å². The normalized spacial score (nSPS) is 42.7. The predicted octanol–water partition coefficient (Wildman–Crippen LogP) is -0.576. The molecule has 5 nitrogen and oxygen atoms in total. The van der Waals surface area contributed by atoms with E-state index >= 15 is 0 Å². The lowest BCUT2D eigenvalue weighted by atomic mass is 10.1. The Kier molecular flexibility index (Phi) is 1.83. The van der Waals surface area contributed by atoms with Gasteiger partial charge in [-0.3, -0.25) is 0 Å². The first-order chi connectivity index (χ1) is 5.99. The smallest absolute Gasteiger partial charge is 0.338 e. The number of cyclic esters (lactones) is 1. The highest BCUT2D eigenvalue weighted by Gasteiger charge is 2.52. The maximum atomic E-state index is 11.2. The van der Waals surface area contributed by atoms with E-state index in [0.29, 0.717) is 0 Å². The molecule has 2 aliphatic heterocycles. The van der Waals surface area contributed by atoms with Crippen LogP contribution in [0.2, 0.25) is 0 Å². The van der Waals surface area contributed by atoms with Gasteiger partial charge >= 0.3 is 5.97 Å². The number of rotatable bonds is 0. The largest absolute Gasteiger partial charge is 0.461 e. The molecule has 0 aromatic carbocycles. The van der Waals surface area contributed by atoms with Gasteiger partial charge < -0.3 is 19.3 Å². The van der Waals surface area contributed by atoms with E-state index < -0.39 is 30.1 Å². The van der Waals surface area contributed by atoms with Gasteiger partial charge in [-0.05, 0) is 13.8 Å². The molecule has 13 heavy (non-hydrogen) atoms. The minimum Gasteiger partial charge on any atom is -0.461 e. The Labute approximate surface area is 75.6 Å². The Morgan fingerprint density at radius 2 is 2.15 bits per heavy atom. The van der Waals surface area contributed by atoms with Crippen LogP contribution in [-0.4, -0.2) is 41.8 Å². The predicted molar refractivity (Wildman–Crippen MR) is 40.8 cm³/mol. The van der Waals surface area contributed by atoms with Crippen LogP contribution in [0.25, 0.3) is 0 Å². The van der Waals surface area contributed by atoms with Gasteiger partial charge in [-0.15, -0.1) is 0 Å². The second-order valence-corrected chi connectivity index (χ2v) is 3.72. The molecule has 0 aromatic rings. The van der Waals surface area contributed by atoms with Crippen LogP contribution < -0.4 is 0 Å². The van der Waals surface area contributed by atoms with Crippen molar-refractivity contribution in [1.29, 1.82) is 0 Å². The van der Waals surface area contributed by atoms with Crippen LogP contribution in [-0.2, 0) is 19.0 Å². The van der Waals surface area contributed by atoms with E-state index in [1.165, 1.54) is 0 Å². The molecular formula is C8H12O5. The maximum Gasteiger partial charge on any atom is 0.338 e. The van der Waals surface area contributed by atoms with Crippen molar-refractivity contribution in [2.24, 2.45) is 0 Å². The standard InChI is InChI=1S/C8H12O5/c1-8(2)12-5-4(9)3-11-7(10)6(5)13-8/h4-6,9H,3H2,1-2H3/t4-,5+,6+/m0/s1. The lowest BCUT2D eigenvalue weighted by molar-refractivity contribution is -0.172. The molecule has 0 aliphatic carbocycles. The van der Waals surface area contributed by atoms with E-state index in [9.17, 15) is 9.90 Å². The summed E-state index contributed by atoms with van der Waals surface area (Å²) < 4.78 is 15.3. The lowest BCUT2D eigenvalue weighted by Crippen LogP contribution is -2.48. The van der Waals surface area contributed by atoms with Crippen LogP contribution in [0.15, 0.2) is 0 Å². The molecule has 0 amide bonds. The van der Waals surface area contributed by atoms with Gasteiger partial charge in [0.05, 0.1) is 0 Å². The Hall–Kier alpha value is -0.650. The van der Waals surface area contributed by atoms with E-state index in [4.69, 9.17) is 14.2 Å². The summed E-state index contributed by atoms with van der Waals surface area (Å²) in [6.07, 6.45) is -2.15. The molecule has 3 atom stereocenters. The second-order valence-electron chi connectivity index (χ2n) is 3.72. The van der Waals surface area contributed by atoms with Crippen molar-refractivity contribution in [2.45, 2.75) is 37.9 Å². The van der Waals surface area contributed by atoms with Crippen LogP contribution in [0, 0.1) is 0 Å². The number of carbonyl (C=O) groups is 1. The van der Waals surface area contributed by atoms with Crippen molar-refractivity contribution in [3.05, 3.63) is 0 Å². The summed E-state index contributed by atoms with van der Waals surface area (Å²) in [5, 5.41) is 9.45. The van der Waals surface area contributed by atoms with Gasteiger partial charge in [-0.25, -0.2) is 4.79 Å². The summed E-state index contributed by atoms with van der Waals surface area (Å²) in [5.41, 5.74) is 0. The molecule has 0 aromatic heterocycles. The molecule has 0 bridgehead atoms. The number of fused-ring (bicyclic) bond motifs is 1. The molecule has 2 saturated heterocycles. The van der Waals surface area contributed by atoms with Crippen LogP contribution in [0.3, 0.4) is 0 Å². The Morgan fingerprint density at radius 1 is 1.46 bits per heavy atom. The zero-order valence-electron chi connectivity index (χ0n) is 7.52. The summed E-state index contributed by atoms with van der Waals surface area (Å²) in [4.78, 5) is 11.2. The number of hydrogen-bond donors (Lipinski definition) is 1. The minimum absolute atomic E-state index is 0.0144. The van der Waals surface area contributed by atoms with Crippen molar-refractivity contribution >= 4 is 5.97 Å². The number of aliphatic hydroxyl groups excluding tert-OH is 1. The lowest BCUT2D eigenvalue weighted by Gasteiger charge is -2.26. The fourth-order valence-electron chi connectivity index (χ4n) is 1.60. The van der Waals surface area contributed by atoms with Crippen molar-refractivity contribution in [3.8, 4) is 0 Å². The average molecular weight is 188 g/mol. The first-order valence-corrected chi connectivity index (χ1v) is 4.20. The minimum atomic E-state index is -0.820. The highest BCUT2D eigenvalue weighted by molar-refractivity contribution is 5.76. The van der Waals surface area contributed by atoms with E-state index in [1.54, 1.807) is 13.8 Å². The Bertz CT molecular complexity index is 237. The van der Waals surface area contributed by atoms with Crippen LogP contribution in [0.1, 0.15) is 13.8 Å². The first kappa shape index (κ1) is 8.93. The summed E-state index contributed by atoms with van der Waals surface area (Å²) in [7, 11) is 0. The molecule has 0 spiro atoms. The molecule has 0 unspecified atom stereocenters. The summed E-state index contributed by atoms with van der Waals surface area (Å²) in [6.45, 7) is 3.38. The zero-order valence-corrected chi connectivity index (χ0v) is 7.52. The highest BCUT2D eigenvalue weighted by atomic mass is 16.8. The number of ether oxygens (including phenoxy) is 3. The fraction of sp³-hybridized carbons (Fsp3) is 0.875. The first-order valence-electron chi connectivity index (χ1n) is 4.20. The molecule has 0 radical (unpaired) electrons. The van der Waals surface area contributed by atoms with Crippen molar-refractivity contribution < 1.29 is 24.1 Å². The van der Waals surface area contributed by atoms with Gasteiger partial charge in [0.15, 0.2) is 11.9 Å². The molecule has 74 valence electrons. The molecule has 2 rings (SSSR count). The van der Waals surface area contributed by atoms with Gasteiger partial charge in [0.1, 0.15) is 18.8 Å². The fourth-order valence-corrected chi connectivity index (χ4v) is 1.60. The molecule has 2 aliphatic rings. The third-order valence-electron chi connectivity index (χ3n) is 2.14. The molecule has 2 heterocycles. The Balaban J connectivity index is 2.19. The highest BCUT2D eigenvalue weighted by Crippen LogP contribution is 2.32. The number of aliphatic hydroxyl groups is 1. The van der Waals surface area contributed by atoms with Gasteiger partial charge in [0.25, 0.3) is 0 Å². The summed E-state index contributed by atoms with van der Waals surface area (Å²) in [6, 6.07) is 0. The average Bonchev–Trinajstić information content (AvgIpc) is 2.35. The molecule has 1 N–H and O–H groups in total. The van der Waals surface area contributed by atoms with E-state index in [1.807, 2.05) is 0 Å². The van der Waals surface area contributed by atoms with Gasteiger partial charge in [-0.2, -0.15) is 0 Å². The zero-order chi connectivity index (χ0) is 9.64. The molecule has 0 saturated carbocycles. The van der Waals surface area contributed by atoms with Crippen LogP contribution >= 0.6 is 0 Å². The van der Waals surface area contributed by atoms with Crippen LogP contribution in [0.4, 0.5) is 0 Å². The summed E-state index contributed by atoms with van der Waals surface area (Å²) >= 11 is 0. The van der Waals surface area contributed by atoms with Gasteiger partial charge in [-0.1, -0.05) is 0 Å². The number of esters is 1. The Morgan fingerprint density at radius 3 is 2.77 bits per heavy atom. The van der Waals surface area contributed by atoms with E-state index in [2.05, 4.69) is 0 Å². The molecule has 2 fully saturated rings. The molecular weight excluding hydrogens is 176 g/mol. The quantitative estimate of drug-likeness (QED) is 0.515. The molecule has 5 heteroatoms. The third kappa shape index (κ3) is 1.43. The topological polar surface area (TPSA) is 65.0 Å².